The second-order valence-electron chi connectivity index (χ2n) is 5.31. The molecular weight excluding hydrogens is 252 g/mol. The summed E-state index contributed by atoms with van der Waals surface area (Å²) < 4.78 is 5.87. The topological polar surface area (TPSA) is 41.6 Å². The number of nitrogens with zero attached hydrogens (tertiary/aromatic N) is 1. The van der Waals surface area contributed by atoms with Crippen LogP contribution < -0.4 is 10.1 Å². The summed E-state index contributed by atoms with van der Waals surface area (Å²) in [6.07, 6.45) is 0.221. The highest BCUT2D eigenvalue weighted by atomic mass is 16.5. The van der Waals surface area contributed by atoms with Gasteiger partial charge in [-0.3, -0.25) is 4.79 Å². The molecule has 1 rings (SSSR count). The third kappa shape index (κ3) is 4.85. The number of carbonyl (C=O) groups excluding carboxylic acids is 1. The molecule has 0 aromatic heterocycles. The molecule has 0 spiro atoms. The highest BCUT2D eigenvalue weighted by Gasteiger charge is 2.18. The highest BCUT2D eigenvalue weighted by molar-refractivity contribution is 5.81. The van der Waals surface area contributed by atoms with Crippen molar-refractivity contribution in [1.82, 2.24) is 10.2 Å². The van der Waals surface area contributed by atoms with Gasteiger partial charge in [-0.2, -0.15) is 0 Å². The smallest absolute Gasteiger partial charge is 0.261 e. The van der Waals surface area contributed by atoms with Crippen molar-refractivity contribution in [3.63, 3.8) is 0 Å². The van der Waals surface area contributed by atoms with E-state index in [1.807, 2.05) is 58.0 Å². The summed E-state index contributed by atoms with van der Waals surface area (Å²) in [5.74, 6) is 0.745. The van der Waals surface area contributed by atoms with E-state index < -0.39 is 6.10 Å². The van der Waals surface area contributed by atoms with Crippen molar-refractivity contribution >= 4 is 5.91 Å². The molecule has 0 saturated heterocycles. The fourth-order valence-electron chi connectivity index (χ4n) is 1.84. The first kappa shape index (κ1) is 16.5. The molecule has 1 amide bonds. The molecule has 0 aliphatic carbocycles. The molecule has 1 aromatic rings. The number of ether oxygens (including phenoxy) is 1. The molecule has 0 unspecified atom stereocenters. The third-order valence-corrected chi connectivity index (χ3v) is 3.35. The lowest BCUT2D eigenvalue weighted by atomic mass is 10.1. The number of hydrogen-bond donors (Lipinski definition) is 1. The van der Waals surface area contributed by atoms with Gasteiger partial charge in [0, 0.05) is 13.1 Å². The van der Waals surface area contributed by atoms with Crippen LogP contribution in [-0.4, -0.2) is 44.1 Å². The molecular formula is C16H26N2O2. The van der Waals surface area contributed by atoms with Crippen LogP contribution in [0.15, 0.2) is 18.2 Å². The van der Waals surface area contributed by atoms with Gasteiger partial charge in [-0.15, -0.1) is 0 Å². The Bertz CT molecular complexity index is 444. The molecule has 20 heavy (non-hydrogen) atoms. The zero-order valence-electron chi connectivity index (χ0n) is 13.2. The van der Waals surface area contributed by atoms with Crippen molar-refractivity contribution in [2.24, 2.45) is 0 Å². The van der Waals surface area contributed by atoms with E-state index in [4.69, 9.17) is 4.74 Å². The maximum atomic E-state index is 12.1. The number of benzene rings is 1. The number of aryl methyl sites for hydroxylation is 1. The number of hydrogen-bond acceptors (Lipinski definition) is 3. The summed E-state index contributed by atoms with van der Waals surface area (Å²) in [5.41, 5.74) is 2.26. The molecule has 1 N–H and O–H groups in total. The summed E-state index contributed by atoms with van der Waals surface area (Å²) in [7, 11) is 3.96. The predicted molar refractivity (Wildman–Crippen MR) is 82.2 cm³/mol. The number of amides is 1. The molecule has 0 heterocycles. The van der Waals surface area contributed by atoms with Crippen LogP contribution in [0.4, 0.5) is 0 Å². The van der Waals surface area contributed by atoms with Gasteiger partial charge in [0.2, 0.25) is 0 Å². The molecule has 0 saturated carbocycles. The Kier molecular flexibility index (Phi) is 6.52. The Morgan fingerprint density at radius 3 is 2.65 bits per heavy atom. The maximum absolute atomic E-state index is 12.1. The summed E-state index contributed by atoms with van der Waals surface area (Å²) in [6, 6.07) is 5.91. The molecule has 0 radical (unpaired) electrons. The van der Waals surface area contributed by atoms with Gasteiger partial charge in [0.15, 0.2) is 6.10 Å². The second kappa shape index (κ2) is 7.90. The lowest BCUT2D eigenvalue weighted by molar-refractivity contribution is -0.128. The van der Waals surface area contributed by atoms with Gasteiger partial charge in [-0.05, 0) is 51.6 Å². The first-order chi connectivity index (χ1) is 9.45. The van der Waals surface area contributed by atoms with E-state index in [9.17, 15) is 4.79 Å². The minimum atomic E-state index is -0.433. The van der Waals surface area contributed by atoms with Gasteiger partial charge in [0.05, 0.1) is 0 Å². The van der Waals surface area contributed by atoms with Crippen molar-refractivity contribution in [1.29, 1.82) is 0 Å². The van der Waals surface area contributed by atoms with Gasteiger partial charge in [-0.25, -0.2) is 0 Å². The van der Waals surface area contributed by atoms with Gasteiger partial charge in [0.25, 0.3) is 5.91 Å². The van der Waals surface area contributed by atoms with Gasteiger partial charge >= 0.3 is 0 Å². The lowest BCUT2D eigenvalue weighted by Crippen LogP contribution is -2.40. The average molecular weight is 278 g/mol. The summed E-state index contributed by atoms with van der Waals surface area (Å²) in [6.45, 7) is 7.48. The van der Waals surface area contributed by atoms with Crippen molar-refractivity contribution in [3.8, 4) is 5.75 Å². The monoisotopic (exact) mass is 278 g/mol. The second-order valence-corrected chi connectivity index (χ2v) is 5.31. The van der Waals surface area contributed by atoms with Crippen LogP contribution >= 0.6 is 0 Å². The SMILES string of the molecule is CC[C@H](Oc1cccc(C)c1C)C(=O)NCCN(C)C. The van der Waals surface area contributed by atoms with Crippen LogP contribution in [0.5, 0.6) is 5.75 Å². The molecule has 0 aliphatic rings. The van der Waals surface area contributed by atoms with Gasteiger partial charge in [0.1, 0.15) is 5.75 Å². The zero-order valence-corrected chi connectivity index (χ0v) is 13.2. The minimum absolute atomic E-state index is 0.0461. The van der Waals surface area contributed by atoms with Crippen molar-refractivity contribution < 1.29 is 9.53 Å². The molecule has 1 aromatic carbocycles. The van der Waals surface area contributed by atoms with Crippen LogP contribution in [0, 0.1) is 13.8 Å². The summed E-state index contributed by atoms with van der Waals surface area (Å²) >= 11 is 0. The molecule has 4 nitrogen and oxygen atoms in total. The molecule has 0 fully saturated rings. The fourth-order valence-corrected chi connectivity index (χ4v) is 1.84. The number of rotatable bonds is 7. The number of carbonyl (C=O) groups is 1. The maximum Gasteiger partial charge on any atom is 0.261 e. The van der Waals surface area contributed by atoms with E-state index in [0.29, 0.717) is 13.0 Å². The Labute approximate surface area is 122 Å². The fraction of sp³-hybridized carbons (Fsp3) is 0.562. The van der Waals surface area contributed by atoms with Crippen LogP contribution in [-0.2, 0) is 4.79 Å². The molecule has 0 bridgehead atoms. The number of nitrogens with one attached hydrogen (secondary N) is 1. The van der Waals surface area contributed by atoms with Gasteiger partial charge < -0.3 is 15.0 Å². The van der Waals surface area contributed by atoms with Crippen LogP contribution in [0.2, 0.25) is 0 Å². The Morgan fingerprint density at radius 1 is 1.35 bits per heavy atom. The summed E-state index contributed by atoms with van der Waals surface area (Å²) in [4.78, 5) is 14.1. The summed E-state index contributed by atoms with van der Waals surface area (Å²) in [5, 5.41) is 2.91. The molecule has 112 valence electrons. The quantitative estimate of drug-likeness (QED) is 0.831. The predicted octanol–water partition coefficient (Wildman–Crippen LogP) is 2.14. The first-order valence-electron chi connectivity index (χ1n) is 7.11. The third-order valence-electron chi connectivity index (χ3n) is 3.35. The van der Waals surface area contributed by atoms with Crippen LogP contribution in [0.25, 0.3) is 0 Å². The lowest BCUT2D eigenvalue weighted by Gasteiger charge is -2.20. The first-order valence-corrected chi connectivity index (χ1v) is 7.11. The normalized spacial score (nSPS) is 12.3. The van der Waals surface area contributed by atoms with E-state index >= 15 is 0 Å². The number of likely N-dealkylation sites (N-methyl/N-ethyl adjacent to an activating group) is 1. The van der Waals surface area contributed by atoms with E-state index in [1.54, 1.807) is 0 Å². The van der Waals surface area contributed by atoms with E-state index in [1.165, 1.54) is 5.56 Å². The van der Waals surface area contributed by atoms with Crippen LogP contribution in [0.1, 0.15) is 24.5 Å². The van der Waals surface area contributed by atoms with E-state index in [2.05, 4.69) is 5.32 Å². The van der Waals surface area contributed by atoms with Crippen molar-refractivity contribution in [2.45, 2.75) is 33.3 Å². The van der Waals surface area contributed by atoms with Crippen LogP contribution in [0.3, 0.4) is 0 Å². The zero-order chi connectivity index (χ0) is 15.1. The standard InChI is InChI=1S/C16H26N2O2/c1-6-14(16(19)17-10-11-18(4)5)20-15-9-7-8-12(2)13(15)3/h7-9,14H,6,10-11H2,1-5H3,(H,17,19)/t14-/m0/s1. The Hall–Kier alpha value is -1.55. The minimum Gasteiger partial charge on any atom is -0.480 e. The van der Waals surface area contributed by atoms with E-state index in [0.717, 1.165) is 17.9 Å². The Balaban J connectivity index is 2.62. The average Bonchev–Trinajstić information content (AvgIpc) is 2.40. The Morgan fingerprint density at radius 2 is 2.05 bits per heavy atom. The van der Waals surface area contributed by atoms with E-state index in [-0.39, 0.29) is 5.91 Å². The molecule has 0 aliphatic heterocycles. The molecule has 1 atom stereocenters. The van der Waals surface area contributed by atoms with Crippen molar-refractivity contribution in [3.05, 3.63) is 29.3 Å². The largest absolute Gasteiger partial charge is 0.480 e. The molecule has 4 heteroatoms. The van der Waals surface area contributed by atoms with Gasteiger partial charge in [-0.1, -0.05) is 19.1 Å². The van der Waals surface area contributed by atoms with Crippen molar-refractivity contribution in [2.75, 3.05) is 27.2 Å². The highest BCUT2D eigenvalue weighted by Crippen LogP contribution is 2.22.